The van der Waals surface area contributed by atoms with Crippen LogP contribution in [0.3, 0.4) is 0 Å². The zero-order valence-corrected chi connectivity index (χ0v) is 21.8. The van der Waals surface area contributed by atoms with E-state index in [1.807, 2.05) is 4.90 Å². The third kappa shape index (κ3) is 4.60. The number of carbonyl (C=O) groups excluding carboxylic acids is 1. The minimum atomic E-state index is -4.62. The van der Waals surface area contributed by atoms with Crippen LogP contribution >= 0.6 is 0 Å². The normalized spacial score (nSPS) is 24.4. The quantitative estimate of drug-likeness (QED) is 0.390. The molecule has 0 atom stereocenters. The van der Waals surface area contributed by atoms with Gasteiger partial charge in [0.2, 0.25) is 5.91 Å². The van der Waals surface area contributed by atoms with E-state index in [9.17, 15) is 31.9 Å². The molecule has 2 fully saturated rings. The van der Waals surface area contributed by atoms with Crippen LogP contribution in [-0.4, -0.2) is 57.3 Å². The lowest BCUT2D eigenvalue weighted by molar-refractivity contribution is -0.136. The number of aliphatic hydroxyl groups is 1. The highest BCUT2D eigenvalue weighted by atomic mass is 19.4. The Morgan fingerprint density at radius 1 is 1.18 bits per heavy atom. The monoisotopic (exact) mass is 564 g/mol. The second kappa shape index (κ2) is 9.41. The minimum absolute atomic E-state index is 0.0215. The highest BCUT2D eigenvalue weighted by Gasteiger charge is 2.48. The summed E-state index contributed by atoms with van der Waals surface area (Å²) >= 11 is 0. The predicted molar refractivity (Wildman–Crippen MR) is 137 cm³/mol. The van der Waals surface area contributed by atoms with Crippen molar-refractivity contribution < 1.29 is 36.6 Å². The largest absolute Gasteiger partial charge is 0.492 e. The van der Waals surface area contributed by atoms with Crippen molar-refractivity contribution in [3.8, 4) is 5.75 Å². The summed E-state index contributed by atoms with van der Waals surface area (Å²) in [6.07, 6.45) is -4.28. The fraction of sp³-hybridized carbons (Fsp3) is 0.500. The number of likely N-dealkylation sites (tertiary alicyclic amines) is 1. The smallest absolute Gasteiger partial charge is 0.418 e. The van der Waals surface area contributed by atoms with E-state index in [0.29, 0.717) is 56.6 Å². The molecular formula is C28H29F5N4O3. The number of ether oxygens (including phenoxy) is 1. The third-order valence-electron chi connectivity index (χ3n) is 8.57. The number of imidazole rings is 1. The van der Waals surface area contributed by atoms with Crippen molar-refractivity contribution >= 4 is 22.6 Å². The summed E-state index contributed by atoms with van der Waals surface area (Å²) in [5.74, 6) is -0.134. The second-order valence-electron chi connectivity index (χ2n) is 11.4. The number of nitrogens with zero attached hydrogens (tertiary/aromatic N) is 3. The van der Waals surface area contributed by atoms with Crippen LogP contribution in [0, 0.1) is 0 Å². The number of benzene rings is 2. The Kier molecular flexibility index (Phi) is 6.34. The summed E-state index contributed by atoms with van der Waals surface area (Å²) in [7, 11) is 0. The molecule has 40 heavy (non-hydrogen) atoms. The van der Waals surface area contributed by atoms with Gasteiger partial charge in [0.1, 0.15) is 12.4 Å². The number of halogens is 5. The molecule has 2 aliphatic heterocycles. The molecule has 3 aromatic rings. The van der Waals surface area contributed by atoms with Crippen molar-refractivity contribution in [1.82, 2.24) is 14.5 Å². The molecule has 12 heteroatoms. The van der Waals surface area contributed by atoms with Gasteiger partial charge in [0.25, 0.3) is 6.43 Å². The summed E-state index contributed by atoms with van der Waals surface area (Å²) in [5.41, 5.74) is -1.40. The standard InChI is InChI=1S/C28H29F5N4O3/c1-26(39)13-17(14-26)37-15-34-22-12-18(11-20(23(22)37)28(31,32)33)40-9-8-36-6-4-27(5-7-36)19-10-16(24(29)30)2-3-21(19)35-25(27)38/h2-3,10-12,15,17,24,39H,4-9,13-14H2,1H3,(H,35,38)/t17-,26+. The number of fused-ring (bicyclic) bond motifs is 3. The Balaban J connectivity index is 1.12. The number of hydrogen-bond acceptors (Lipinski definition) is 5. The van der Waals surface area contributed by atoms with Gasteiger partial charge in [-0.1, -0.05) is 6.07 Å². The number of carbonyl (C=O) groups is 1. The molecule has 3 heterocycles. The van der Waals surface area contributed by atoms with Crippen molar-refractivity contribution in [3.63, 3.8) is 0 Å². The van der Waals surface area contributed by atoms with Gasteiger partial charge >= 0.3 is 6.18 Å². The first-order chi connectivity index (χ1) is 18.9. The Morgan fingerprint density at radius 3 is 2.55 bits per heavy atom. The molecule has 7 nitrogen and oxygen atoms in total. The van der Waals surface area contributed by atoms with E-state index in [2.05, 4.69) is 10.3 Å². The number of anilines is 1. The first-order valence-corrected chi connectivity index (χ1v) is 13.3. The van der Waals surface area contributed by atoms with Gasteiger partial charge in [-0.05, 0) is 69.5 Å². The molecule has 1 aromatic heterocycles. The molecule has 2 aromatic carbocycles. The van der Waals surface area contributed by atoms with E-state index in [-0.39, 0.29) is 40.9 Å². The molecule has 1 saturated carbocycles. The van der Waals surface area contributed by atoms with Crippen LogP contribution in [0.1, 0.15) is 61.8 Å². The van der Waals surface area contributed by atoms with Crippen LogP contribution in [0.4, 0.5) is 27.6 Å². The van der Waals surface area contributed by atoms with E-state index in [0.717, 1.165) is 6.07 Å². The molecule has 214 valence electrons. The maximum absolute atomic E-state index is 14.0. The van der Waals surface area contributed by atoms with Gasteiger partial charge in [-0.25, -0.2) is 13.8 Å². The van der Waals surface area contributed by atoms with Crippen molar-refractivity contribution in [2.45, 2.75) is 62.3 Å². The Bertz CT molecular complexity index is 1450. The molecule has 0 unspecified atom stereocenters. The number of amides is 1. The van der Waals surface area contributed by atoms with Gasteiger partial charge in [0.15, 0.2) is 0 Å². The summed E-state index contributed by atoms with van der Waals surface area (Å²) in [4.78, 5) is 19.1. The fourth-order valence-electron chi connectivity index (χ4n) is 6.39. The highest BCUT2D eigenvalue weighted by molar-refractivity contribution is 6.06. The van der Waals surface area contributed by atoms with E-state index in [4.69, 9.17) is 4.74 Å². The molecule has 3 aliphatic rings. The summed E-state index contributed by atoms with van der Waals surface area (Å²) in [5, 5.41) is 12.9. The maximum Gasteiger partial charge on any atom is 0.418 e. The van der Waals surface area contributed by atoms with Crippen LogP contribution in [0.2, 0.25) is 0 Å². The van der Waals surface area contributed by atoms with Crippen molar-refractivity contribution in [2.24, 2.45) is 0 Å². The maximum atomic E-state index is 14.0. The first-order valence-electron chi connectivity index (χ1n) is 13.3. The van der Waals surface area contributed by atoms with Gasteiger partial charge in [-0.15, -0.1) is 0 Å². The van der Waals surface area contributed by atoms with Crippen LogP contribution in [-0.2, 0) is 16.4 Å². The van der Waals surface area contributed by atoms with Gasteiger partial charge in [0, 0.05) is 29.9 Å². The Morgan fingerprint density at radius 2 is 1.90 bits per heavy atom. The van der Waals surface area contributed by atoms with Crippen molar-refractivity contribution in [2.75, 3.05) is 31.6 Å². The molecule has 0 bridgehead atoms. The van der Waals surface area contributed by atoms with E-state index in [1.165, 1.54) is 35.2 Å². The lowest BCUT2D eigenvalue weighted by atomic mass is 9.73. The summed E-state index contributed by atoms with van der Waals surface area (Å²) in [6.45, 7) is 3.23. The summed E-state index contributed by atoms with van der Waals surface area (Å²) in [6, 6.07) is 6.48. The van der Waals surface area contributed by atoms with Crippen LogP contribution < -0.4 is 10.1 Å². The first kappa shape index (κ1) is 26.9. The van der Waals surface area contributed by atoms with Crippen molar-refractivity contribution in [1.29, 1.82) is 0 Å². The molecule has 1 aliphatic carbocycles. The summed E-state index contributed by atoms with van der Waals surface area (Å²) < 4.78 is 75.9. The molecule has 6 rings (SSSR count). The van der Waals surface area contributed by atoms with E-state index in [1.54, 1.807) is 6.92 Å². The number of aromatic nitrogens is 2. The zero-order chi connectivity index (χ0) is 28.4. The predicted octanol–water partition coefficient (Wildman–Crippen LogP) is 5.44. The number of piperidine rings is 1. The van der Waals surface area contributed by atoms with E-state index >= 15 is 0 Å². The minimum Gasteiger partial charge on any atom is -0.492 e. The number of rotatable bonds is 6. The third-order valence-corrected chi connectivity index (χ3v) is 8.57. The van der Waals surface area contributed by atoms with Crippen LogP contribution in [0.25, 0.3) is 11.0 Å². The van der Waals surface area contributed by atoms with Gasteiger partial charge in [-0.2, -0.15) is 13.2 Å². The number of alkyl halides is 5. The lowest BCUT2D eigenvalue weighted by Gasteiger charge is -2.41. The van der Waals surface area contributed by atoms with Gasteiger partial charge < -0.3 is 19.7 Å². The molecule has 2 N–H and O–H groups in total. The van der Waals surface area contributed by atoms with Crippen molar-refractivity contribution in [3.05, 3.63) is 53.3 Å². The van der Waals surface area contributed by atoms with Gasteiger partial charge in [0.05, 0.1) is 33.9 Å². The highest BCUT2D eigenvalue weighted by Crippen LogP contribution is 2.47. The Hall–Kier alpha value is -3.25. The van der Waals surface area contributed by atoms with Crippen LogP contribution in [0.15, 0.2) is 36.7 Å². The number of hydrogen-bond donors (Lipinski definition) is 2. The molecule has 1 spiro atoms. The Labute approximate surface area is 226 Å². The zero-order valence-electron chi connectivity index (χ0n) is 21.8. The SMILES string of the molecule is C[C@]1(O)C[C@@H](n2cnc3cc(OCCN4CCC5(CC4)C(=O)Nc4ccc(C(F)F)cc45)cc(C(F)(F)F)c32)C1. The topological polar surface area (TPSA) is 79.6 Å². The van der Waals surface area contributed by atoms with Gasteiger partial charge in [-0.3, -0.25) is 9.69 Å². The average Bonchev–Trinajstić information content (AvgIpc) is 3.41. The molecule has 1 saturated heterocycles. The average molecular weight is 565 g/mol. The van der Waals surface area contributed by atoms with Crippen LogP contribution in [0.5, 0.6) is 5.75 Å². The van der Waals surface area contributed by atoms with E-state index < -0.39 is 29.2 Å². The number of nitrogens with one attached hydrogen (secondary N) is 1. The molecule has 1 amide bonds. The second-order valence-corrected chi connectivity index (χ2v) is 11.4. The molecule has 0 radical (unpaired) electrons. The molecular weight excluding hydrogens is 535 g/mol. The fourth-order valence-corrected chi connectivity index (χ4v) is 6.39. The lowest BCUT2D eigenvalue weighted by Crippen LogP contribution is -2.47.